The summed E-state index contributed by atoms with van der Waals surface area (Å²) in [4.78, 5) is 2.63. The number of nitrogens with zero attached hydrogens (tertiary/aromatic N) is 3. The van der Waals surface area contributed by atoms with Crippen molar-refractivity contribution in [3.05, 3.63) is 18.0 Å². The van der Waals surface area contributed by atoms with Gasteiger partial charge in [0.05, 0.1) is 12.2 Å². The van der Waals surface area contributed by atoms with E-state index in [1.54, 1.807) is 0 Å². The van der Waals surface area contributed by atoms with E-state index in [9.17, 15) is 0 Å². The number of likely N-dealkylation sites (N-methyl/N-ethyl adjacent to an activating group) is 1. The average molecular weight is 264 g/mol. The molecule has 1 saturated heterocycles. The second-order valence-corrected chi connectivity index (χ2v) is 6.05. The number of piperidine rings is 1. The van der Waals surface area contributed by atoms with Gasteiger partial charge in [0, 0.05) is 23.8 Å². The van der Waals surface area contributed by atoms with Crippen LogP contribution in [0.25, 0.3) is 0 Å². The molecule has 0 aliphatic carbocycles. The summed E-state index contributed by atoms with van der Waals surface area (Å²) in [6.45, 7) is 10.2. The van der Waals surface area contributed by atoms with Gasteiger partial charge in [0.15, 0.2) is 0 Å². The SMILES string of the molecule is CCn1cc(C(NC)C(C)(C)N2CCCCC2)cn1. The molecule has 0 bridgehead atoms. The van der Waals surface area contributed by atoms with Crippen LogP contribution in [0, 0.1) is 0 Å². The number of hydrogen-bond donors (Lipinski definition) is 1. The van der Waals surface area contributed by atoms with Crippen molar-refractivity contribution in [1.82, 2.24) is 20.0 Å². The monoisotopic (exact) mass is 264 g/mol. The van der Waals surface area contributed by atoms with Gasteiger partial charge < -0.3 is 5.32 Å². The molecule has 1 unspecified atom stereocenters. The van der Waals surface area contributed by atoms with Crippen LogP contribution in [0.5, 0.6) is 0 Å². The zero-order chi connectivity index (χ0) is 13.9. The minimum absolute atomic E-state index is 0.122. The van der Waals surface area contributed by atoms with Gasteiger partial charge in [0.1, 0.15) is 0 Å². The van der Waals surface area contributed by atoms with Crippen LogP contribution >= 0.6 is 0 Å². The van der Waals surface area contributed by atoms with Gasteiger partial charge in [-0.1, -0.05) is 6.42 Å². The van der Waals surface area contributed by atoms with Gasteiger partial charge in [-0.25, -0.2) is 0 Å². The highest BCUT2D eigenvalue weighted by Crippen LogP contribution is 2.32. The highest BCUT2D eigenvalue weighted by molar-refractivity contribution is 5.16. The highest BCUT2D eigenvalue weighted by Gasteiger charge is 2.36. The lowest BCUT2D eigenvalue weighted by Gasteiger charge is -2.45. The first-order chi connectivity index (χ1) is 9.09. The smallest absolute Gasteiger partial charge is 0.0538 e. The Labute approximate surface area is 117 Å². The minimum atomic E-state index is 0.122. The van der Waals surface area contributed by atoms with Crippen LogP contribution in [0.4, 0.5) is 0 Å². The lowest BCUT2D eigenvalue weighted by atomic mass is 9.87. The minimum Gasteiger partial charge on any atom is -0.311 e. The molecule has 1 aliphatic rings. The molecule has 0 radical (unpaired) electrons. The van der Waals surface area contributed by atoms with Crippen molar-refractivity contribution in [2.45, 2.75) is 58.2 Å². The van der Waals surface area contributed by atoms with E-state index in [-0.39, 0.29) is 5.54 Å². The normalized spacial score (nSPS) is 19.6. The van der Waals surface area contributed by atoms with E-state index < -0.39 is 0 Å². The van der Waals surface area contributed by atoms with E-state index in [4.69, 9.17) is 0 Å². The zero-order valence-corrected chi connectivity index (χ0v) is 12.8. The van der Waals surface area contributed by atoms with Crippen LogP contribution in [0.3, 0.4) is 0 Å². The van der Waals surface area contributed by atoms with Gasteiger partial charge in [0.2, 0.25) is 0 Å². The molecule has 108 valence electrons. The zero-order valence-electron chi connectivity index (χ0n) is 12.8. The first-order valence-corrected chi connectivity index (χ1v) is 7.54. The summed E-state index contributed by atoms with van der Waals surface area (Å²) in [7, 11) is 2.06. The van der Waals surface area contributed by atoms with Crippen molar-refractivity contribution in [3.8, 4) is 0 Å². The van der Waals surface area contributed by atoms with E-state index in [2.05, 4.69) is 49.3 Å². The summed E-state index contributed by atoms with van der Waals surface area (Å²) >= 11 is 0. The Bertz CT molecular complexity index is 391. The lowest BCUT2D eigenvalue weighted by Crippen LogP contribution is -2.53. The largest absolute Gasteiger partial charge is 0.311 e. The van der Waals surface area contributed by atoms with Gasteiger partial charge in [-0.15, -0.1) is 0 Å². The summed E-state index contributed by atoms with van der Waals surface area (Å²) in [5.41, 5.74) is 1.41. The van der Waals surface area contributed by atoms with Crippen LogP contribution in [-0.4, -0.2) is 40.4 Å². The summed E-state index contributed by atoms with van der Waals surface area (Å²) in [5, 5.41) is 7.92. The molecule has 0 amide bonds. The number of hydrogen-bond acceptors (Lipinski definition) is 3. The summed E-state index contributed by atoms with van der Waals surface area (Å²) in [5.74, 6) is 0. The number of rotatable bonds is 5. The Morgan fingerprint density at radius 1 is 1.32 bits per heavy atom. The molecule has 1 atom stereocenters. The van der Waals surface area contributed by atoms with E-state index in [0.717, 1.165) is 6.54 Å². The number of aromatic nitrogens is 2. The summed E-state index contributed by atoms with van der Waals surface area (Å²) in [6.07, 6.45) is 8.22. The third kappa shape index (κ3) is 3.00. The molecule has 2 rings (SSSR count). The van der Waals surface area contributed by atoms with Crippen molar-refractivity contribution in [2.75, 3.05) is 20.1 Å². The van der Waals surface area contributed by atoms with Crippen molar-refractivity contribution < 1.29 is 0 Å². The van der Waals surface area contributed by atoms with E-state index >= 15 is 0 Å². The molecule has 4 heteroatoms. The fraction of sp³-hybridized carbons (Fsp3) is 0.800. The van der Waals surface area contributed by atoms with Crippen molar-refractivity contribution in [2.24, 2.45) is 0 Å². The third-order valence-corrected chi connectivity index (χ3v) is 4.48. The Kier molecular flexibility index (Phi) is 4.63. The quantitative estimate of drug-likeness (QED) is 0.886. The molecule has 2 heterocycles. The fourth-order valence-corrected chi connectivity index (χ4v) is 3.28. The molecule has 1 aromatic heterocycles. The molecule has 4 nitrogen and oxygen atoms in total. The molecular formula is C15H28N4. The highest BCUT2D eigenvalue weighted by atomic mass is 15.3. The summed E-state index contributed by atoms with van der Waals surface area (Å²) < 4.78 is 2.01. The molecule has 19 heavy (non-hydrogen) atoms. The Balaban J connectivity index is 2.18. The standard InChI is InChI=1S/C15H28N4/c1-5-19-12-13(11-17-19)14(16-4)15(2,3)18-9-7-6-8-10-18/h11-12,14,16H,5-10H2,1-4H3. The van der Waals surface area contributed by atoms with Crippen LogP contribution in [0.2, 0.25) is 0 Å². The first kappa shape index (κ1) is 14.5. The summed E-state index contributed by atoms with van der Waals surface area (Å²) in [6, 6.07) is 0.325. The Hall–Kier alpha value is -0.870. The van der Waals surface area contributed by atoms with E-state index in [1.165, 1.54) is 37.9 Å². The maximum Gasteiger partial charge on any atom is 0.0538 e. The molecule has 1 fully saturated rings. The molecule has 0 saturated carbocycles. The van der Waals surface area contributed by atoms with Crippen LogP contribution in [0.1, 0.15) is 51.6 Å². The number of likely N-dealkylation sites (tertiary alicyclic amines) is 1. The Morgan fingerprint density at radius 3 is 2.53 bits per heavy atom. The van der Waals surface area contributed by atoms with Gasteiger partial charge >= 0.3 is 0 Å². The third-order valence-electron chi connectivity index (χ3n) is 4.48. The molecule has 0 spiro atoms. The Morgan fingerprint density at radius 2 is 2.00 bits per heavy atom. The maximum atomic E-state index is 4.42. The fourth-order valence-electron chi connectivity index (χ4n) is 3.28. The second kappa shape index (κ2) is 6.06. The van der Waals surface area contributed by atoms with Crippen molar-refractivity contribution in [1.29, 1.82) is 0 Å². The van der Waals surface area contributed by atoms with Crippen molar-refractivity contribution in [3.63, 3.8) is 0 Å². The average Bonchev–Trinajstić information content (AvgIpc) is 2.89. The number of nitrogens with one attached hydrogen (secondary N) is 1. The molecule has 0 aromatic carbocycles. The van der Waals surface area contributed by atoms with Gasteiger partial charge in [-0.3, -0.25) is 9.58 Å². The van der Waals surface area contributed by atoms with Crippen LogP contribution < -0.4 is 5.32 Å². The second-order valence-electron chi connectivity index (χ2n) is 6.05. The maximum absolute atomic E-state index is 4.42. The molecular weight excluding hydrogens is 236 g/mol. The lowest BCUT2D eigenvalue weighted by molar-refractivity contribution is 0.0632. The first-order valence-electron chi connectivity index (χ1n) is 7.54. The molecule has 1 aromatic rings. The predicted octanol–water partition coefficient (Wildman–Crippen LogP) is 2.43. The van der Waals surface area contributed by atoms with E-state index in [0.29, 0.717) is 6.04 Å². The van der Waals surface area contributed by atoms with Gasteiger partial charge in [-0.05, 0) is 53.8 Å². The van der Waals surface area contributed by atoms with Gasteiger partial charge in [-0.2, -0.15) is 5.10 Å². The van der Waals surface area contributed by atoms with E-state index in [1.807, 2.05) is 10.9 Å². The number of aryl methyl sites for hydroxylation is 1. The predicted molar refractivity (Wildman–Crippen MR) is 79.2 cm³/mol. The topological polar surface area (TPSA) is 33.1 Å². The van der Waals surface area contributed by atoms with Crippen LogP contribution in [-0.2, 0) is 6.54 Å². The molecule has 1 aliphatic heterocycles. The van der Waals surface area contributed by atoms with Crippen LogP contribution in [0.15, 0.2) is 12.4 Å². The molecule has 1 N–H and O–H groups in total. The van der Waals surface area contributed by atoms with Gasteiger partial charge in [0.25, 0.3) is 0 Å². The van der Waals surface area contributed by atoms with Crippen molar-refractivity contribution >= 4 is 0 Å².